The first-order valence-electron chi connectivity index (χ1n) is 7.00. The highest BCUT2D eigenvalue weighted by atomic mass is 127. The first-order chi connectivity index (χ1) is 10.9. The lowest BCUT2D eigenvalue weighted by Gasteiger charge is -2.20. The zero-order valence-corrected chi connectivity index (χ0v) is 15.5. The van der Waals surface area contributed by atoms with Gasteiger partial charge in [0.05, 0.1) is 17.6 Å². The topological polar surface area (TPSA) is 83.5 Å². The summed E-state index contributed by atoms with van der Waals surface area (Å²) in [6, 6.07) is 8.83. The molecule has 0 amide bonds. The van der Waals surface area contributed by atoms with Gasteiger partial charge < -0.3 is 10.6 Å². The lowest BCUT2D eigenvalue weighted by molar-refractivity contribution is 0.597. The molecule has 0 radical (unpaired) electrons. The van der Waals surface area contributed by atoms with Crippen LogP contribution in [0.1, 0.15) is 25.5 Å². The van der Waals surface area contributed by atoms with E-state index in [0.717, 1.165) is 9.26 Å². The Morgan fingerprint density at radius 2 is 2.00 bits per heavy atom. The number of nitrogens with zero attached hydrogens (tertiary/aromatic N) is 2. The molecule has 120 valence electrons. The van der Waals surface area contributed by atoms with Crippen molar-refractivity contribution in [1.82, 2.24) is 4.98 Å². The Morgan fingerprint density at radius 1 is 1.22 bits per heavy atom. The summed E-state index contributed by atoms with van der Waals surface area (Å²) in [4.78, 5) is 4.53. The van der Waals surface area contributed by atoms with Crippen molar-refractivity contribution < 1.29 is 8.42 Å². The van der Waals surface area contributed by atoms with Gasteiger partial charge in [-0.25, -0.2) is 0 Å². The molecule has 0 bridgehead atoms. The molecule has 1 aliphatic rings. The summed E-state index contributed by atoms with van der Waals surface area (Å²) in [6.45, 7) is 4.13. The number of halogens is 1. The molecule has 1 aromatic carbocycles. The minimum atomic E-state index is -3.72. The van der Waals surface area contributed by atoms with E-state index in [1.165, 1.54) is 0 Å². The van der Waals surface area contributed by atoms with Gasteiger partial charge in [0.15, 0.2) is 0 Å². The number of benzene rings is 1. The van der Waals surface area contributed by atoms with E-state index >= 15 is 0 Å². The molecule has 23 heavy (non-hydrogen) atoms. The number of rotatable bonds is 2. The van der Waals surface area contributed by atoms with Crippen molar-refractivity contribution in [2.75, 3.05) is 10.6 Å². The molecule has 2 aromatic rings. The van der Waals surface area contributed by atoms with Gasteiger partial charge >= 0.3 is 0 Å². The van der Waals surface area contributed by atoms with E-state index in [-0.39, 0.29) is 10.9 Å². The number of fused-ring (bicyclic) bond motifs is 1. The van der Waals surface area contributed by atoms with Gasteiger partial charge in [-0.1, -0.05) is 19.9 Å². The van der Waals surface area contributed by atoms with Gasteiger partial charge in [0.25, 0.3) is 10.0 Å². The Bertz CT molecular complexity index is 877. The summed E-state index contributed by atoms with van der Waals surface area (Å²) in [5.74, 6) is 0.503. The number of hydrogen-bond acceptors (Lipinski definition) is 5. The van der Waals surface area contributed by atoms with Crippen LogP contribution in [0.5, 0.6) is 0 Å². The molecule has 2 heterocycles. The molecule has 6 nitrogen and oxygen atoms in total. The fourth-order valence-corrected chi connectivity index (χ4v) is 4.08. The van der Waals surface area contributed by atoms with E-state index in [4.69, 9.17) is 0 Å². The number of para-hydroxylation sites is 1. The number of guanidine groups is 1. The second-order valence-electron chi connectivity index (χ2n) is 5.40. The van der Waals surface area contributed by atoms with Crippen molar-refractivity contribution in [2.24, 2.45) is 4.40 Å². The van der Waals surface area contributed by atoms with Gasteiger partial charge in [-0.2, -0.15) is 8.42 Å². The maximum Gasteiger partial charge on any atom is 0.287 e. The Balaban J connectivity index is 1.90. The molecule has 0 unspecified atom stereocenters. The van der Waals surface area contributed by atoms with Crippen molar-refractivity contribution in [3.63, 3.8) is 0 Å². The largest absolute Gasteiger partial charge is 0.324 e. The third-order valence-corrected chi connectivity index (χ3v) is 5.57. The number of hydrogen-bond donors (Lipinski definition) is 2. The number of aromatic nitrogens is 1. The van der Waals surface area contributed by atoms with Gasteiger partial charge in [-0.3, -0.25) is 4.98 Å². The number of sulfonamides is 1. The van der Waals surface area contributed by atoms with Crippen LogP contribution in [0.3, 0.4) is 0 Å². The highest BCUT2D eigenvalue weighted by Gasteiger charge is 2.26. The normalized spacial score (nSPS) is 15.6. The van der Waals surface area contributed by atoms with Crippen molar-refractivity contribution in [3.8, 4) is 0 Å². The van der Waals surface area contributed by atoms with Crippen LogP contribution < -0.4 is 10.6 Å². The third kappa shape index (κ3) is 3.32. The molecule has 1 aliphatic heterocycles. The van der Waals surface area contributed by atoms with Crippen molar-refractivity contribution in [2.45, 2.75) is 24.7 Å². The molecule has 0 spiro atoms. The molecule has 3 rings (SSSR count). The van der Waals surface area contributed by atoms with Crippen LogP contribution in [0.25, 0.3) is 0 Å². The smallest absolute Gasteiger partial charge is 0.287 e. The summed E-state index contributed by atoms with van der Waals surface area (Å²) in [7, 11) is -3.72. The van der Waals surface area contributed by atoms with Crippen molar-refractivity contribution in [3.05, 3.63) is 45.8 Å². The maximum absolute atomic E-state index is 12.3. The summed E-state index contributed by atoms with van der Waals surface area (Å²) >= 11 is 2.09. The van der Waals surface area contributed by atoms with Crippen LogP contribution in [0.15, 0.2) is 45.8 Å². The molecule has 0 saturated heterocycles. The Hall–Kier alpha value is -1.68. The zero-order valence-electron chi connectivity index (χ0n) is 12.5. The first-order valence-corrected chi connectivity index (χ1v) is 9.52. The molecule has 0 aliphatic carbocycles. The zero-order chi connectivity index (χ0) is 16.6. The van der Waals surface area contributed by atoms with Crippen LogP contribution in [0, 0.1) is 3.57 Å². The SMILES string of the molecule is CC(C)c1ccc(NC2=NS(=O)(=O)c3cccc(I)c3N2)cn1. The predicted molar refractivity (Wildman–Crippen MR) is 99.4 cm³/mol. The van der Waals surface area contributed by atoms with Gasteiger partial charge in [-0.15, -0.1) is 4.40 Å². The highest BCUT2D eigenvalue weighted by Crippen LogP contribution is 2.31. The van der Waals surface area contributed by atoms with E-state index in [1.54, 1.807) is 18.3 Å². The fourth-order valence-electron chi connectivity index (χ4n) is 2.16. The Morgan fingerprint density at radius 3 is 2.65 bits per heavy atom. The quantitative estimate of drug-likeness (QED) is 0.697. The first kappa shape index (κ1) is 16.2. The van der Waals surface area contributed by atoms with Crippen LogP contribution in [-0.2, 0) is 10.0 Å². The second-order valence-corrected chi connectivity index (χ2v) is 8.14. The van der Waals surface area contributed by atoms with E-state index < -0.39 is 10.0 Å². The van der Waals surface area contributed by atoms with Crippen molar-refractivity contribution >= 4 is 49.9 Å². The molecular weight excluding hydrogens is 427 g/mol. The average molecular weight is 442 g/mol. The van der Waals surface area contributed by atoms with Crippen LogP contribution >= 0.6 is 22.6 Å². The lowest BCUT2D eigenvalue weighted by Crippen LogP contribution is -2.28. The molecule has 2 N–H and O–H groups in total. The average Bonchev–Trinajstić information content (AvgIpc) is 2.48. The third-order valence-electron chi connectivity index (χ3n) is 3.35. The molecule has 0 fully saturated rings. The minimum Gasteiger partial charge on any atom is -0.324 e. The predicted octanol–water partition coefficient (Wildman–Crippen LogP) is 3.39. The number of pyridine rings is 1. The maximum atomic E-state index is 12.3. The second kappa shape index (κ2) is 6.08. The van der Waals surface area contributed by atoms with Crippen molar-refractivity contribution in [1.29, 1.82) is 0 Å². The van der Waals surface area contributed by atoms with Gasteiger partial charge in [0.2, 0.25) is 5.96 Å². The van der Waals surface area contributed by atoms with E-state index in [0.29, 0.717) is 17.3 Å². The molecule has 0 atom stereocenters. The fraction of sp³-hybridized carbons (Fsp3) is 0.200. The van der Waals surface area contributed by atoms with Crippen LogP contribution in [0.4, 0.5) is 11.4 Å². The van der Waals surface area contributed by atoms with Gasteiger partial charge in [0, 0.05) is 9.26 Å². The molecule has 0 saturated carbocycles. The summed E-state index contributed by atoms with van der Waals surface area (Å²) in [5.41, 5.74) is 2.18. The molecular formula is C15H15IN4O2S. The van der Waals surface area contributed by atoms with E-state index in [9.17, 15) is 8.42 Å². The standard InChI is InChI=1S/C15H15IN4O2S/c1-9(2)12-7-6-10(8-17-12)18-15-19-14-11(16)4-3-5-13(14)23(21,22)20-15/h3-9H,1-2H3,(H2,18,19,20). The van der Waals surface area contributed by atoms with Gasteiger partial charge in [-0.05, 0) is 52.8 Å². The van der Waals surface area contributed by atoms with E-state index in [1.807, 2.05) is 18.2 Å². The van der Waals surface area contributed by atoms with E-state index in [2.05, 4.69) is 56.5 Å². The highest BCUT2D eigenvalue weighted by molar-refractivity contribution is 14.1. The number of nitrogens with one attached hydrogen (secondary N) is 2. The summed E-state index contributed by atoms with van der Waals surface area (Å²) in [5, 5.41) is 6.00. The van der Waals surface area contributed by atoms with Crippen LogP contribution in [0.2, 0.25) is 0 Å². The number of anilines is 2. The van der Waals surface area contributed by atoms with Gasteiger partial charge in [0.1, 0.15) is 4.90 Å². The molecule has 1 aromatic heterocycles. The lowest BCUT2D eigenvalue weighted by atomic mass is 10.1. The summed E-state index contributed by atoms with van der Waals surface area (Å²) < 4.78 is 29.2. The Labute approximate surface area is 148 Å². The summed E-state index contributed by atoms with van der Waals surface area (Å²) in [6.07, 6.45) is 1.66. The minimum absolute atomic E-state index is 0.167. The Kier molecular flexibility index (Phi) is 4.28. The monoisotopic (exact) mass is 442 g/mol. The van der Waals surface area contributed by atoms with Crippen LogP contribution in [-0.4, -0.2) is 19.4 Å². The molecule has 8 heteroatoms.